The van der Waals surface area contributed by atoms with Crippen LogP contribution in [0.1, 0.15) is 40.0 Å². The SMILES string of the molecule is CCN(CC1CCC1)C(=N)C(C)C. The van der Waals surface area contributed by atoms with E-state index in [1.807, 2.05) is 0 Å². The number of hydrogen-bond donors (Lipinski definition) is 1. The second-order valence-corrected chi connectivity index (χ2v) is 4.38. The number of nitrogens with zero attached hydrogens (tertiary/aromatic N) is 1. The van der Waals surface area contributed by atoms with Crippen LogP contribution < -0.4 is 0 Å². The Morgan fingerprint density at radius 1 is 1.46 bits per heavy atom. The molecule has 0 heterocycles. The third kappa shape index (κ3) is 2.71. The first kappa shape index (κ1) is 10.6. The van der Waals surface area contributed by atoms with E-state index >= 15 is 0 Å². The van der Waals surface area contributed by atoms with Crippen molar-refractivity contribution < 1.29 is 0 Å². The van der Waals surface area contributed by atoms with Crippen LogP contribution in [0, 0.1) is 17.2 Å². The first-order valence-electron chi connectivity index (χ1n) is 5.48. The van der Waals surface area contributed by atoms with E-state index in [1.54, 1.807) is 0 Å². The van der Waals surface area contributed by atoms with Crippen molar-refractivity contribution >= 4 is 5.84 Å². The van der Waals surface area contributed by atoms with Gasteiger partial charge >= 0.3 is 0 Å². The third-order valence-electron chi connectivity index (χ3n) is 2.97. The second kappa shape index (κ2) is 4.64. The van der Waals surface area contributed by atoms with Gasteiger partial charge in [0.15, 0.2) is 0 Å². The molecule has 0 aromatic heterocycles. The Hall–Kier alpha value is -0.530. The van der Waals surface area contributed by atoms with Gasteiger partial charge in [-0.05, 0) is 25.7 Å². The summed E-state index contributed by atoms with van der Waals surface area (Å²) in [5, 5.41) is 7.92. The summed E-state index contributed by atoms with van der Waals surface area (Å²) >= 11 is 0. The first-order chi connectivity index (χ1) is 6.15. The van der Waals surface area contributed by atoms with E-state index < -0.39 is 0 Å². The van der Waals surface area contributed by atoms with E-state index in [9.17, 15) is 0 Å². The maximum atomic E-state index is 7.92. The molecule has 1 aliphatic rings. The van der Waals surface area contributed by atoms with Crippen LogP contribution in [-0.2, 0) is 0 Å². The number of nitrogens with one attached hydrogen (secondary N) is 1. The highest BCUT2D eigenvalue weighted by Gasteiger charge is 2.21. The van der Waals surface area contributed by atoms with Gasteiger partial charge in [-0.3, -0.25) is 5.41 Å². The van der Waals surface area contributed by atoms with Gasteiger partial charge in [0.1, 0.15) is 0 Å². The number of rotatable bonds is 4. The zero-order chi connectivity index (χ0) is 9.84. The monoisotopic (exact) mass is 182 g/mol. The fourth-order valence-corrected chi connectivity index (χ4v) is 1.75. The van der Waals surface area contributed by atoms with Crippen molar-refractivity contribution in [1.82, 2.24) is 4.90 Å². The summed E-state index contributed by atoms with van der Waals surface area (Å²) in [6.07, 6.45) is 4.15. The molecule has 1 aliphatic carbocycles. The van der Waals surface area contributed by atoms with Crippen molar-refractivity contribution in [1.29, 1.82) is 5.41 Å². The number of hydrogen-bond acceptors (Lipinski definition) is 1. The minimum Gasteiger partial charge on any atom is -0.360 e. The van der Waals surface area contributed by atoms with E-state index in [4.69, 9.17) is 5.41 Å². The van der Waals surface area contributed by atoms with Crippen molar-refractivity contribution in [3.05, 3.63) is 0 Å². The molecule has 1 N–H and O–H groups in total. The van der Waals surface area contributed by atoms with E-state index in [-0.39, 0.29) is 0 Å². The van der Waals surface area contributed by atoms with Crippen LogP contribution in [0.4, 0.5) is 0 Å². The second-order valence-electron chi connectivity index (χ2n) is 4.38. The van der Waals surface area contributed by atoms with Gasteiger partial charge in [-0.25, -0.2) is 0 Å². The van der Waals surface area contributed by atoms with Crippen LogP contribution in [0.3, 0.4) is 0 Å². The summed E-state index contributed by atoms with van der Waals surface area (Å²) in [5.41, 5.74) is 0. The Bertz CT molecular complexity index is 171. The molecule has 0 spiro atoms. The zero-order valence-electron chi connectivity index (χ0n) is 9.14. The van der Waals surface area contributed by atoms with Gasteiger partial charge in [0.05, 0.1) is 5.84 Å². The summed E-state index contributed by atoms with van der Waals surface area (Å²) in [4.78, 5) is 2.23. The summed E-state index contributed by atoms with van der Waals surface area (Å²) in [6, 6.07) is 0. The molecule has 0 aromatic rings. The molecule has 13 heavy (non-hydrogen) atoms. The molecule has 0 atom stereocenters. The van der Waals surface area contributed by atoms with Crippen molar-refractivity contribution in [3.63, 3.8) is 0 Å². The Labute approximate surface area is 81.8 Å². The quantitative estimate of drug-likeness (QED) is 0.525. The summed E-state index contributed by atoms with van der Waals surface area (Å²) in [7, 11) is 0. The predicted octanol–water partition coefficient (Wildman–Crippen LogP) is 2.74. The van der Waals surface area contributed by atoms with Crippen molar-refractivity contribution in [2.24, 2.45) is 11.8 Å². The standard InChI is InChI=1S/C11H22N2/c1-4-13(11(12)9(2)3)8-10-6-5-7-10/h9-10,12H,4-8H2,1-3H3. The third-order valence-corrected chi connectivity index (χ3v) is 2.97. The largest absolute Gasteiger partial charge is 0.360 e. The minimum absolute atomic E-state index is 0.375. The Morgan fingerprint density at radius 2 is 2.08 bits per heavy atom. The molecule has 0 amide bonds. The molecule has 1 rings (SSSR count). The predicted molar refractivity (Wildman–Crippen MR) is 57.2 cm³/mol. The van der Waals surface area contributed by atoms with Crippen LogP contribution in [0.15, 0.2) is 0 Å². The zero-order valence-corrected chi connectivity index (χ0v) is 9.14. The lowest BCUT2D eigenvalue weighted by Crippen LogP contribution is -2.39. The molecule has 0 saturated heterocycles. The fourth-order valence-electron chi connectivity index (χ4n) is 1.75. The van der Waals surface area contributed by atoms with Crippen LogP contribution in [0.2, 0.25) is 0 Å². The molecular weight excluding hydrogens is 160 g/mol. The molecule has 2 nitrogen and oxygen atoms in total. The summed E-state index contributed by atoms with van der Waals surface area (Å²) in [5.74, 6) is 2.06. The lowest BCUT2D eigenvalue weighted by atomic mass is 9.85. The highest BCUT2D eigenvalue weighted by Crippen LogP contribution is 2.27. The number of amidine groups is 1. The summed E-state index contributed by atoms with van der Waals surface area (Å²) in [6.45, 7) is 8.47. The normalized spacial score (nSPS) is 17.2. The molecule has 76 valence electrons. The Kier molecular flexibility index (Phi) is 3.76. The average Bonchev–Trinajstić information content (AvgIpc) is 2.02. The molecule has 1 fully saturated rings. The highest BCUT2D eigenvalue weighted by atomic mass is 15.2. The molecule has 0 aromatic carbocycles. The van der Waals surface area contributed by atoms with Crippen molar-refractivity contribution in [2.75, 3.05) is 13.1 Å². The Morgan fingerprint density at radius 3 is 2.38 bits per heavy atom. The van der Waals surface area contributed by atoms with Crippen LogP contribution >= 0.6 is 0 Å². The van der Waals surface area contributed by atoms with E-state index in [0.29, 0.717) is 5.92 Å². The molecule has 0 unspecified atom stereocenters. The van der Waals surface area contributed by atoms with Crippen molar-refractivity contribution in [3.8, 4) is 0 Å². The maximum Gasteiger partial charge on any atom is 0.0983 e. The molecular formula is C11H22N2. The molecule has 0 bridgehead atoms. The van der Waals surface area contributed by atoms with Gasteiger partial charge in [-0.15, -0.1) is 0 Å². The molecule has 0 radical (unpaired) electrons. The highest BCUT2D eigenvalue weighted by molar-refractivity contribution is 5.80. The first-order valence-corrected chi connectivity index (χ1v) is 5.48. The lowest BCUT2D eigenvalue weighted by Gasteiger charge is -2.34. The van der Waals surface area contributed by atoms with Gasteiger partial charge in [-0.1, -0.05) is 20.3 Å². The molecule has 0 aliphatic heterocycles. The molecule has 2 heteroatoms. The topological polar surface area (TPSA) is 27.1 Å². The lowest BCUT2D eigenvalue weighted by molar-refractivity contribution is 0.239. The fraction of sp³-hybridized carbons (Fsp3) is 0.909. The van der Waals surface area contributed by atoms with Crippen molar-refractivity contribution in [2.45, 2.75) is 40.0 Å². The molecule has 1 saturated carbocycles. The van der Waals surface area contributed by atoms with Gasteiger partial charge in [0, 0.05) is 19.0 Å². The van der Waals surface area contributed by atoms with Gasteiger partial charge in [0.2, 0.25) is 0 Å². The van der Waals surface area contributed by atoms with Gasteiger partial charge in [0.25, 0.3) is 0 Å². The average molecular weight is 182 g/mol. The smallest absolute Gasteiger partial charge is 0.0983 e. The van der Waals surface area contributed by atoms with E-state index in [2.05, 4.69) is 25.7 Å². The van der Waals surface area contributed by atoms with Crippen LogP contribution in [0.5, 0.6) is 0 Å². The van der Waals surface area contributed by atoms with Crippen LogP contribution in [0.25, 0.3) is 0 Å². The Balaban J connectivity index is 2.36. The van der Waals surface area contributed by atoms with Gasteiger partial charge < -0.3 is 4.90 Å². The van der Waals surface area contributed by atoms with E-state index in [1.165, 1.54) is 19.3 Å². The maximum absolute atomic E-state index is 7.92. The minimum atomic E-state index is 0.375. The summed E-state index contributed by atoms with van der Waals surface area (Å²) < 4.78 is 0. The van der Waals surface area contributed by atoms with E-state index in [0.717, 1.165) is 24.8 Å². The van der Waals surface area contributed by atoms with Gasteiger partial charge in [-0.2, -0.15) is 0 Å². The van der Waals surface area contributed by atoms with Crippen LogP contribution in [-0.4, -0.2) is 23.8 Å².